The van der Waals surface area contributed by atoms with Gasteiger partial charge in [-0.3, -0.25) is 9.52 Å². The molecule has 1 aliphatic heterocycles. The largest absolute Gasteiger partial charge is 0.490 e. The van der Waals surface area contributed by atoms with Crippen LogP contribution in [0.15, 0.2) is 88.7 Å². The van der Waals surface area contributed by atoms with Crippen LogP contribution in [-0.4, -0.2) is 88.7 Å². The Kier molecular flexibility index (Phi) is 12.4. The summed E-state index contributed by atoms with van der Waals surface area (Å²) < 4.78 is 69.2. The Balaban J connectivity index is 1.68. The molecule has 2 N–H and O–H groups in total. The zero-order valence-electron chi connectivity index (χ0n) is 27.3. The number of carbonyl (C=O) groups excluding carboxylic acids is 1. The molecule has 0 radical (unpaired) electrons. The molecular formula is C34H45N3O8S2. The first-order valence-corrected chi connectivity index (χ1v) is 18.7. The van der Waals surface area contributed by atoms with Crippen molar-refractivity contribution < 1.29 is 36.2 Å². The molecular weight excluding hydrogens is 643 g/mol. The monoisotopic (exact) mass is 687 g/mol. The van der Waals surface area contributed by atoms with Crippen LogP contribution >= 0.6 is 0 Å². The topological polar surface area (TPSA) is 143 Å². The van der Waals surface area contributed by atoms with Gasteiger partial charge in [0.25, 0.3) is 15.9 Å². The third-order valence-corrected chi connectivity index (χ3v) is 11.5. The van der Waals surface area contributed by atoms with Gasteiger partial charge in [-0.1, -0.05) is 43.3 Å². The maximum atomic E-state index is 14.3. The number of hydrogen-bond donors (Lipinski definition) is 2. The summed E-state index contributed by atoms with van der Waals surface area (Å²) in [5.41, 5.74) is 0.313. The van der Waals surface area contributed by atoms with Gasteiger partial charge in [0, 0.05) is 38.3 Å². The number of aliphatic hydroxyl groups is 1. The molecule has 13 heteroatoms. The molecule has 256 valence electrons. The van der Waals surface area contributed by atoms with E-state index in [9.17, 15) is 26.7 Å². The predicted molar refractivity (Wildman–Crippen MR) is 180 cm³/mol. The zero-order valence-corrected chi connectivity index (χ0v) is 28.9. The first kappa shape index (κ1) is 36.3. The third-order valence-electron chi connectivity index (χ3n) is 8.25. The van der Waals surface area contributed by atoms with E-state index in [0.717, 1.165) is 12.8 Å². The lowest BCUT2D eigenvalue weighted by atomic mass is 10.0. The van der Waals surface area contributed by atoms with E-state index in [2.05, 4.69) is 4.72 Å². The van der Waals surface area contributed by atoms with Gasteiger partial charge in [-0.15, -0.1) is 0 Å². The maximum Gasteiger partial charge on any atom is 0.261 e. The summed E-state index contributed by atoms with van der Waals surface area (Å²) in [6.07, 6.45) is 1.32. The first-order chi connectivity index (χ1) is 22.3. The Labute approximate surface area is 278 Å². The molecule has 47 heavy (non-hydrogen) atoms. The van der Waals surface area contributed by atoms with Gasteiger partial charge >= 0.3 is 0 Å². The van der Waals surface area contributed by atoms with Crippen molar-refractivity contribution in [2.75, 3.05) is 38.1 Å². The minimum absolute atomic E-state index is 0.0510. The van der Waals surface area contributed by atoms with Crippen molar-refractivity contribution in [3.05, 3.63) is 84.4 Å². The van der Waals surface area contributed by atoms with Crippen molar-refractivity contribution in [3.8, 4) is 5.75 Å². The molecule has 1 amide bonds. The van der Waals surface area contributed by atoms with E-state index in [1.807, 2.05) is 13.8 Å². The molecule has 0 saturated carbocycles. The standard InChI is InChI=1S/C34H45N3O8S2/c1-25-22-37(26(2)24-38)34(39)31-21-28(35-46(40,41)29-14-7-5-8-15-29)18-19-32(31)45-27(3)13-11-12-20-44-33(25)23-36(4)47(42,43)30-16-9-6-10-17-30/h5-10,14-19,21,25-27,33,35,38H,11-13,20,22-24H2,1-4H3/t25-,26+,27+,33-/m1/s1. The number of nitrogens with one attached hydrogen (secondary N) is 1. The highest BCUT2D eigenvalue weighted by Crippen LogP contribution is 2.30. The minimum Gasteiger partial charge on any atom is -0.490 e. The highest BCUT2D eigenvalue weighted by molar-refractivity contribution is 7.92. The molecule has 0 fully saturated rings. The minimum atomic E-state index is -3.94. The molecule has 1 aliphatic rings. The van der Waals surface area contributed by atoms with Gasteiger partial charge in [-0.2, -0.15) is 4.31 Å². The number of aliphatic hydroxyl groups excluding tert-OH is 1. The Morgan fingerprint density at radius 1 is 0.957 bits per heavy atom. The summed E-state index contributed by atoms with van der Waals surface area (Å²) in [5.74, 6) is -0.527. The van der Waals surface area contributed by atoms with Crippen LogP contribution in [0.25, 0.3) is 0 Å². The highest BCUT2D eigenvalue weighted by atomic mass is 32.2. The fourth-order valence-electron chi connectivity index (χ4n) is 5.39. The van der Waals surface area contributed by atoms with E-state index in [1.54, 1.807) is 67.6 Å². The van der Waals surface area contributed by atoms with Crippen molar-refractivity contribution in [3.63, 3.8) is 0 Å². The number of benzene rings is 3. The summed E-state index contributed by atoms with van der Waals surface area (Å²) in [6.45, 7) is 5.73. The maximum absolute atomic E-state index is 14.3. The molecule has 0 unspecified atom stereocenters. The molecule has 3 aromatic carbocycles. The summed E-state index contributed by atoms with van der Waals surface area (Å²) in [4.78, 5) is 16.1. The van der Waals surface area contributed by atoms with E-state index in [1.165, 1.54) is 34.5 Å². The predicted octanol–water partition coefficient (Wildman–Crippen LogP) is 4.60. The second-order valence-electron chi connectivity index (χ2n) is 12.0. The summed E-state index contributed by atoms with van der Waals surface area (Å²) in [7, 11) is -6.22. The highest BCUT2D eigenvalue weighted by Gasteiger charge is 2.32. The summed E-state index contributed by atoms with van der Waals surface area (Å²) in [6, 6.07) is 20.1. The van der Waals surface area contributed by atoms with Gasteiger partial charge in [0.2, 0.25) is 10.0 Å². The quantitative estimate of drug-likeness (QED) is 0.333. The Hall–Kier alpha value is -3.49. The summed E-state index contributed by atoms with van der Waals surface area (Å²) >= 11 is 0. The number of nitrogens with zero attached hydrogens (tertiary/aromatic N) is 2. The SMILES string of the molecule is C[C@@H]1CN([C@@H](C)CO)C(=O)c2cc(NS(=O)(=O)c3ccccc3)ccc2O[C@@H](C)CCCCO[C@@H]1CN(C)S(=O)(=O)c1ccccc1. The molecule has 0 saturated heterocycles. The zero-order chi connectivity index (χ0) is 34.2. The lowest BCUT2D eigenvalue weighted by Gasteiger charge is -2.35. The molecule has 4 rings (SSSR count). The van der Waals surface area contributed by atoms with E-state index in [4.69, 9.17) is 9.47 Å². The number of amides is 1. The number of likely N-dealkylation sites (N-methyl/N-ethyl adjacent to an activating group) is 1. The van der Waals surface area contributed by atoms with Gasteiger partial charge in [-0.05, 0) is 75.6 Å². The number of rotatable bonds is 9. The number of anilines is 1. The van der Waals surface area contributed by atoms with Crippen LogP contribution in [0, 0.1) is 5.92 Å². The number of sulfonamides is 2. The average Bonchev–Trinajstić information content (AvgIpc) is 3.06. The fraction of sp³-hybridized carbons (Fsp3) is 0.441. The van der Waals surface area contributed by atoms with Crippen LogP contribution in [-0.2, 0) is 24.8 Å². The van der Waals surface area contributed by atoms with Crippen molar-refractivity contribution in [1.82, 2.24) is 9.21 Å². The molecule has 3 aromatic rings. The van der Waals surface area contributed by atoms with Crippen LogP contribution in [0.3, 0.4) is 0 Å². The Morgan fingerprint density at radius 2 is 1.60 bits per heavy atom. The molecule has 0 bridgehead atoms. The lowest BCUT2D eigenvalue weighted by Crippen LogP contribution is -2.48. The molecule has 1 heterocycles. The third kappa shape index (κ3) is 9.32. The van der Waals surface area contributed by atoms with Gasteiger partial charge in [0.15, 0.2) is 0 Å². The second-order valence-corrected chi connectivity index (χ2v) is 15.8. The molecule has 0 aromatic heterocycles. The molecule has 0 aliphatic carbocycles. The van der Waals surface area contributed by atoms with Crippen molar-refractivity contribution >= 4 is 31.6 Å². The van der Waals surface area contributed by atoms with Crippen LogP contribution in [0.4, 0.5) is 5.69 Å². The van der Waals surface area contributed by atoms with Gasteiger partial charge in [-0.25, -0.2) is 16.8 Å². The number of fused-ring (bicyclic) bond motifs is 1. The van der Waals surface area contributed by atoms with Crippen molar-refractivity contribution in [2.24, 2.45) is 5.92 Å². The van der Waals surface area contributed by atoms with E-state index < -0.39 is 38.1 Å². The number of ether oxygens (including phenoxy) is 2. The molecule has 11 nitrogen and oxygen atoms in total. The average molecular weight is 688 g/mol. The van der Waals surface area contributed by atoms with Crippen molar-refractivity contribution in [1.29, 1.82) is 0 Å². The normalized spacial score (nSPS) is 20.9. The van der Waals surface area contributed by atoms with E-state index >= 15 is 0 Å². The van der Waals surface area contributed by atoms with Gasteiger partial charge in [0.1, 0.15) is 5.75 Å². The van der Waals surface area contributed by atoms with Crippen LogP contribution in [0.5, 0.6) is 5.75 Å². The van der Waals surface area contributed by atoms with Gasteiger partial charge in [0.05, 0.1) is 40.2 Å². The van der Waals surface area contributed by atoms with E-state index in [0.29, 0.717) is 18.8 Å². The van der Waals surface area contributed by atoms with E-state index in [-0.39, 0.29) is 52.8 Å². The lowest BCUT2D eigenvalue weighted by molar-refractivity contribution is -0.00833. The second kappa shape index (κ2) is 16.1. The Morgan fingerprint density at radius 3 is 2.23 bits per heavy atom. The number of hydrogen-bond acceptors (Lipinski definition) is 8. The van der Waals surface area contributed by atoms with Crippen LogP contribution in [0.2, 0.25) is 0 Å². The Bertz CT molecular complexity index is 1690. The summed E-state index contributed by atoms with van der Waals surface area (Å²) in [5, 5.41) is 10.2. The smallest absolute Gasteiger partial charge is 0.261 e. The van der Waals surface area contributed by atoms with Crippen LogP contribution in [0.1, 0.15) is 50.4 Å². The van der Waals surface area contributed by atoms with Gasteiger partial charge < -0.3 is 19.5 Å². The first-order valence-electron chi connectivity index (χ1n) is 15.8. The fourth-order valence-corrected chi connectivity index (χ4v) is 7.66. The molecule has 0 spiro atoms. The van der Waals surface area contributed by atoms with Crippen molar-refractivity contribution in [2.45, 2.75) is 68.1 Å². The number of carbonyl (C=O) groups is 1. The van der Waals surface area contributed by atoms with Crippen LogP contribution < -0.4 is 9.46 Å². The molecule has 4 atom stereocenters.